The van der Waals surface area contributed by atoms with Crippen molar-refractivity contribution in [3.05, 3.63) is 71.8 Å². The number of carbonyl (C=O) groups is 2. The maximum atomic E-state index is 13.1. The number of halogens is 3. The molecule has 3 aliphatic rings. The molecular weight excluding hydrogens is 571 g/mol. The van der Waals surface area contributed by atoms with Crippen LogP contribution in [-0.2, 0) is 15.0 Å². The lowest BCUT2D eigenvalue weighted by Crippen LogP contribution is -2.48. The van der Waals surface area contributed by atoms with E-state index in [4.69, 9.17) is 9.53 Å². The standard InChI is InChI=1S/C31H33N5O2.C2HF3O/c1-19(2)35-12-14-36(15-13-35)22-7-4-20(5-8-22)29-24-10-6-21(16-28(24)33-34-29)26-18-31(26)25-17-23(38-3)9-11-27(25)32-30(31)37;3-2(4,5)1-6/h4-11,16-17,19,26H,12-15,18H2,1-3H3,(H,32,37)(H,33,34);1H/t26-,31-;/m0./s1. The maximum Gasteiger partial charge on any atom is 0.446 e. The molecule has 1 amide bonds. The minimum absolute atomic E-state index is 0.0851. The molecule has 7 rings (SSSR count). The number of aromatic amines is 1. The largest absolute Gasteiger partial charge is 0.497 e. The topological polar surface area (TPSA) is 90.6 Å². The van der Waals surface area contributed by atoms with Crippen LogP contribution >= 0.6 is 0 Å². The summed E-state index contributed by atoms with van der Waals surface area (Å²) in [5.74, 6) is 1.01. The van der Waals surface area contributed by atoms with Crippen molar-refractivity contribution in [2.45, 2.75) is 43.8 Å². The summed E-state index contributed by atoms with van der Waals surface area (Å²) in [7, 11) is 1.66. The van der Waals surface area contributed by atoms with E-state index in [9.17, 15) is 18.0 Å². The monoisotopic (exact) mass is 605 g/mol. The highest BCUT2D eigenvalue weighted by atomic mass is 19.4. The fourth-order valence-corrected chi connectivity index (χ4v) is 6.50. The number of piperazine rings is 1. The lowest BCUT2D eigenvalue weighted by atomic mass is 9.91. The van der Waals surface area contributed by atoms with E-state index in [2.05, 4.69) is 81.6 Å². The van der Waals surface area contributed by atoms with Crippen LogP contribution < -0.4 is 15.0 Å². The van der Waals surface area contributed by atoms with Gasteiger partial charge in [0.05, 0.1) is 23.7 Å². The van der Waals surface area contributed by atoms with E-state index >= 15 is 0 Å². The van der Waals surface area contributed by atoms with Gasteiger partial charge in [-0.1, -0.05) is 24.3 Å². The lowest BCUT2D eigenvalue weighted by molar-refractivity contribution is -0.156. The summed E-state index contributed by atoms with van der Waals surface area (Å²) in [5, 5.41) is 12.1. The first-order valence-corrected chi connectivity index (χ1v) is 14.6. The third kappa shape index (κ3) is 5.40. The smallest absolute Gasteiger partial charge is 0.446 e. The molecule has 1 spiro atoms. The number of nitrogens with zero attached hydrogens (tertiary/aromatic N) is 3. The molecule has 1 aromatic heterocycles. The number of hydrogen-bond donors (Lipinski definition) is 2. The Morgan fingerprint density at radius 3 is 2.36 bits per heavy atom. The number of rotatable bonds is 5. The summed E-state index contributed by atoms with van der Waals surface area (Å²) >= 11 is 0. The number of aromatic nitrogens is 2. The van der Waals surface area contributed by atoms with Crippen molar-refractivity contribution in [1.82, 2.24) is 15.1 Å². The molecule has 1 saturated heterocycles. The van der Waals surface area contributed by atoms with Gasteiger partial charge in [0.1, 0.15) is 5.75 Å². The van der Waals surface area contributed by atoms with Crippen molar-refractivity contribution in [2.24, 2.45) is 0 Å². The molecular formula is C33H34F3N5O3. The molecule has 8 nitrogen and oxygen atoms in total. The van der Waals surface area contributed by atoms with Gasteiger partial charge in [-0.2, -0.15) is 18.3 Å². The highest BCUT2D eigenvalue weighted by Crippen LogP contribution is 2.65. The van der Waals surface area contributed by atoms with Gasteiger partial charge in [-0.3, -0.25) is 19.6 Å². The third-order valence-electron chi connectivity index (χ3n) is 8.99. The van der Waals surface area contributed by atoms with Crippen molar-refractivity contribution < 1.29 is 27.5 Å². The molecule has 2 N–H and O–H groups in total. The number of alkyl halides is 3. The number of methoxy groups -OCH3 is 1. The van der Waals surface area contributed by atoms with Gasteiger partial charge in [0, 0.05) is 60.5 Å². The Morgan fingerprint density at radius 1 is 1.02 bits per heavy atom. The summed E-state index contributed by atoms with van der Waals surface area (Å²) in [6.07, 6.45) is -4.90. The first kappa shape index (κ1) is 29.7. The first-order valence-electron chi connectivity index (χ1n) is 14.6. The molecule has 3 heterocycles. The Morgan fingerprint density at radius 2 is 1.73 bits per heavy atom. The fourth-order valence-electron chi connectivity index (χ4n) is 6.50. The second-order valence-corrected chi connectivity index (χ2v) is 11.8. The number of H-pyrrole nitrogens is 1. The Balaban J connectivity index is 0.000000523. The van der Waals surface area contributed by atoms with Gasteiger partial charge in [-0.25, -0.2) is 0 Å². The number of anilines is 2. The number of ether oxygens (including phenoxy) is 1. The molecule has 11 heteroatoms. The van der Waals surface area contributed by atoms with Crippen LogP contribution in [0, 0.1) is 0 Å². The van der Waals surface area contributed by atoms with Gasteiger partial charge in [-0.05, 0) is 67.8 Å². The van der Waals surface area contributed by atoms with Gasteiger partial charge in [0.15, 0.2) is 0 Å². The van der Waals surface area contributed by atoms with Crippen molar-refractivity contribution in [2.75, 3.05) is 43.5 Å². The van der Waals surface area contributed by atoms with Crippen LogP contribution in [0.4, 0.5) is 24.5 Å². The van der Waals surface area contributed by atoms with Crippen LogP contribution in [0.2, 0.25) is 0 Å². The second kappa shape index (κ2) is 11.3. The van der Waals surface area contributed by atoms with Gasteiger partial charge < -0.3 is 15.0 Å². The third-order valence-corrected chi connectivity index (χ3v) is 8.99. The number of nitrogens with one attached hydrogen (secondary N) is 2. The van der Waals surface area contributed by atoms with Crippen LogP contribution in [0.5, 0.6) is 5.75 Å². The minimum Gasteiger partial charge on any atom is -0.497 e. The lowest BCUT2D eigenvalue weighted by Gasteiger charge is -2.38. The number of fused-ring (bicyclic) bond motifs is 3. The zero-order valence-electron chi connectivity index (χ0n) is 24.7. The Hall–Kier alpha value is -4.38. The number of benzene rings is 3. The van der Waals surface area contributed by atoms with Crippen LogP contribution in [0.15, 0.2) is 60.7 Å². The SMILES string of the molecule is COc1ccc2c(c1)[C@]1(C[C@H]1c1ccc3c(-c4ccc(N5CCN(C(C)C)CC5)cc4)n[nH]c3c1)C(=O)N2.O=CC(F)(F)F. The van der Waals surface area contributed by atoms with E-state index in [-0.39, 0.29) is 11.8 Å². The van der Waals surface area contributed by atoms with E-state index in [0.717, 1.165) is 77.3 Å². The summed E-state index contributed by atoms with van der Waals surface area (Å²) in [6.45, 7) is 8.87. The molecule has 0 radical (unpaired) electrons. The number of carbonyl (C=O) groups excluding carboxylic acids is 2. The Kier molecular flexibility index (Phi) is 7.61. The van der Waals surface area contributed by atoms with Crippen LogP contribution in [0.25, 0.3) is 22.2 Å². The molecule has 2 fully saturated rings. The maximum absolute atomic E-state index is 13.1. The minimum atomic E-state index is -4.64. The fraction of sp³-hybridized carbons (Fsp3) is 0.364. The average Bonchev–Trinajstić information content (AvgIpc) is 3.55. The van der Waals surface area contributed by atoms with E-state index < -0.39 is 17.9 Å². The summed E-state index contributed by atoms with van der Waals surface area (Å²) < 4.78 is 36.7. The van der Waals surface area contributed by atoms with E-state index in [1.54, 1.807) is 7.11 Å². The molecule has 44 heavy (non-hydrogen) atoms. The second-order valence-electron chi connectivity index (χ2n) is 11.8. The zero-order chi connectivity index (χ0) is 31.2. The molecule has 3 aromatic carbocycles. The summed E-state index contributed by atoms with van der Waals surface area (Å²) in [4.78, 5) is 26.8. The highest BCUT2D eigenvalue weighted by Gasteiger charge is 2.65. The van der Waals surface area contributed by atoms with Gasteiger partial charge >= 0.3 is 6.18 Å². The van der Waals surface area contributed by atoms with Crippen LogP contribution in [-0.4, -0.2) is 72.8 Å². The molecule has 2 atom stereocenters. The zero-order valence-corrected chi connectivity index (χ0v) is 24.7. The predicted octanol–water partition coefficient (Wildman–Crippen LogP) is 5.89. The van der Waals surface area contributed by atoms with E-state index in [1.165, 1.54) is 5.69 Å². The van der Waals surface area contributed by atoms with Crippen molar-refractivity contribution >= 4 is 34.5 Å². The first-order chi connectivity index (χ1) is 21.0. The van der Waals surface area contributed by atoms with Gasteiger partial charge in [-0.15, -0.1) is 0 Å². The molecule has 1 aliphatic carbocycles. The molecule has 1 saturated carbocycles. The van der Waals surface area contributed by atoms with E-state index in [1.807, 2.05) is 18.2 Å². The Bertz CT molecular complexity index is 1690. The normalized spacial score (nSPS) is 21.2. The average molecular weight is 606 g/mol. The van der Waals surface area contributed by atoms with Crippen molar-refractivity contribution in [1.29, 1.82) is 0 Å². The van der Waals surface area contributed by atoms with Gasteiger partial charge in [0.25, 0.3) is 0 Å². The molecule has 0 unspecified atom stereocenters. The van der Waals surface area contributed by atoms with Crippen molar-refractivity contribution in [3.8, 4) is 17.0 Å². The predicted molar refractivity (Wildman–Crippen MR) is 163 cm³/mol. The molecule has 230 valence electrons. The number of hydrogen-bond acceptors (Lipinski definition) is 6. The number of amides is 1. The van der Waals surface area contributed by atoms with Crippen molar-refractivity contribution in [3.63, 3.8) is 0 Å². The van der Waals surface area contributed by atoms with Crippen LogP contribution in [0.3, 0.4) is 0 Å². The molecule has 2 aliphatic heterocycles. The summed E-state index contributed by atoms with van der Waals surface area (Å²) in [5.41, 5.74) is 6.93. The highest BCUT2D eigenvalue weighted by molar-refractivity contribution is 6.10. The molecule has 4 aromatic rings. The molecule has 0 bridgehead atoms. The van der Waals surface area contributed by atoms with Gasteiger partial charge in [0.2, 0.25) is 12.2 Å². The van der Waals surface area contributed by atoms with Crippen LogP contribution in [0.1, 0.15) is 37.3 Å². The summed E-state index contributed by atoms with van der Waals surface area (Å²) in [6, 6.07) is 21.7. The van der Waals surface area contributed by atoms with E-state index in [0.29, 0.717) is 6.04 Å². The number of aldehydes is 1. The quantitative estimate of drug-likeness (QED) is 0.276. The Labute approximate surface area is 253 Å².